The minimum atomic E-state index is -0.152. The molecule has 2 rings (SSSR count). The molecule has 1 N–H and O–H groups in total. The van der Waals surface area contributed by atoms with Crippen molar-refractivity contribution in [1.29, 1.82) is 0 Å². The van der Waals surface area contributed by atoms with Crippen LogP contribution >= 0.6 is 0 Å². The average Bonchev–Trinajstić information content (AvgIpc) is 2.29. The molecule has 100 valence electrons. The standard InChI is InChI=1S/C15H23NO2/c1-11-14(16-9-10-17-11)12-5-7-13(8-6-12)18-15(2,3)4/h5-8,11,14,16H,9-10H2,1-4H3. The number of nitrogens with one attached hydrogen (secondary N) is 1. The van der Waals surface area contributed by atoms with E-state index < -0.39 is 0 Å². The van der Waals surface area contributed by atoms with Crippen LogP contribution in [0.2, 0.25) is 0 Å². The van der Waals surface area contributed by atoms with E-state index in [0.29, 0.717) is 0 Å². The Morgan fingerprint density at radius 2 is 1.89 bits per heavy atom. The van der Waals surface area contributed by atoms with Crippen LogP contribution < -0.4 is 10.1 Å². The second-order valence-corrected chi connectivity index (χ2v) is 5.79. The topological polar surface area (TPSA) is 30.5 Å². The molecule has 0 aromatic heterocycles. The molecular weight excluding hydrogens is 226 g/mol. The molecule has 1 heterocycles. The summed E-state index contributed by atoms with van der Waals surface area (Å²) in [7, 11) is 0. The van der Waals surface area contributed by atoms with Crippen molar-refractivity contribution in [2.45, 2.75) is 45.4 Å². The summed E-state index contributed by atoms with van der Waals surface area (Å²) in [4.78, 5) is 0. The minimum Gasteiger partial charge on any atom is -0.488 e. The van der Waals surface area contributed by atoms with Gasteiger partial charge in [0.25, 0.3) is 0 Å². The summed E-state index contributed by atoms with van der Waals surface area (Å²) in [6.45, 7) is 9.98. The quantitative estimate of drug-likeness (QED) is 0.874. The van der Waals surface area contributed by atoms with Gasteiger partial charge in [0.1, 0.15) is 11.4 Å². The molecule has 1 aromatic rings. The molecule has 0 spiro atoms. The van der Waals surface area contributed by atoms with Crippen LogP contribution in [0.1, 0.15) is 39.3 Å². The molecule has 1 fully saturated rings. The smallest absolute Gasteiger partial charge is 0.120 e. The Kier molecular flexibility index (Phi) is 3.93. The average molecular weight is 249 g/mol. The Morgan fingerprint density at radius 3 is 2.44 bits per heavy atom. The van der Waals surface area contributed by atoms with Crippen molar-refractivity contribution < 1.29 is 9.47 Å². The van der Waals surface area contributed by atoms with Crippen LogP contribution in [0.5, 0.6) is 5.75 Å². The molecule has 1 aromatic carbocycles. The van der Waals surface area contributed by atoms with Gasteiger partial charge in [0.15, 0.2) is 0 Å². The Morgan fingerprint density at radius 1 is 1.22 bits per heavy atom. The first-order chi connectivity index (χ1) is 8.46. The molecule has 0 bridgehead atoms. The highest BCUT2D eigenvalue weighted by Crippen LogP contribution is 2.25. The highest BCUT2D eigenvalue weighted by molar-refractivity contribution is 5.30. The van der Waals surface area contributed by atoms with Crippen molar-refractivity contribution in [3.63, 3.8) is 0 Å². The maximum Gasteiger partial charge on any atom is 0.120 e. The first-order valence-corrected chi connectivity index (χ1v) is 6.60. The normalized spacial score (nSPS) is 24.9. The van der Waals surface area contributed by atoms with Crippen LogP contribution in [0.3, 0.4) is 0 Å². The Hall–Kier alpha value is -1.06. The highest BCUT2D eigenvalue weighted by atomic mass is 16.5. The molecular formula is C15H23NO2. The van der Waals surface area contributed by atoms with E-state index in [1.165, 1.54) is 5.56 Å². The Bertz CT molecular complexity index is 380. The summed E-state index contributed by atoms with van der Waals surface area (Å²) in [5.74, 6) is 0.913. The van der Waals surface area contributed by atoms with Gasteiger partial charge in [0, 0.05) is 6.54 Å². The van der Waals surface area contributed by atoms with E-state index in [9.17, 15) is 0 Å². The third-order valence-electron chi connectivity index (χ3n) is 2.98. The summed E-state index contributed by atoms with van der Waals surface area (Å²) in [6.07, 6.45) is 0.216. The number of hydrogen-bond donors (Lipinski definition) is 1. The fourth-order valence-corrected chi connectivity index (χ4v) is 2.21. The van der Waals surface area contributed by atoms with Gasteiger partial charge < -0.3 is 14.8 Å². The zero-order chi connectivity index (χ0) is 13.2. The molecule has 18 heavy (non-hydrogen) atoms. The lowest BCUT2D eigenvalue weighted by atomic mass is 10.0. The van der Waals surface area contributed by atoms with Gasteiger partial charge in [-0.15, -0.1) is 0 Å². The minimum absolute atomic E-state index is 0.152. The van der Waals surface area contributed by atoms with Crippen molar-refractivity contribution in [2.75, 3.05) is 13.2 Å². The van der Waals surface area contributed by atoms with E-state index in [2.05, 4.69) is 45.1 Å². The van der Waals surface area contributed by atoms with Gasteiger partial charge in [-0.05, 0) is 45.4 Å². The maximum atomic E-state index is 5.82. The van der Waals surface area contributed by atoms with Crippen LogP contribution in [0.25, 0.3) is 0 Å². The van der Waals surface area contributed by atoms with Crippen molar-refractivity contribution in [2.24, 2.45) is 0 Å². The molecule has 3 heteroatoms. The monoisotopic (exact) mass is 249 g/mol. The third-order valence-corrected chi connectivity index (χ3v) is 2.98. The summed E-state index contributed by atoms with van der Waals surface area (Å²) in [5, 5.41) is 3.49. The molecule has 2 unspecified atom stereocenters. The second-order valence-electron chi connectivity index (χ2n) is 5.79. The van der Waals surface area contributed by atoms with E-state index in [-0.39, 0.29) is 17.7 Å². The zero-order valence-corrected chi connectivity index (χ0v) is 11.7. The summed E-state index contributed by atoms with van der Waals surface area (Å²) in [5.41, 5.74) is 1.10. The predicted molar refractivity (Wildman–Crippen MR) is 73.0 cm³/mol. The summed E-state index contributed by atoms with van der Waals surface area (Å²) >= 11 is 0. The lowest BCUT2D eigenvalue weighted by Gasteiger charge is -2.31. The maximum absolute atomic E-state index is 5.82. The van der Waals surface area contributed by atoms with E-state index >= 15 is 0 Å². The molecule has 0 aliphatic carbocycles. The van der Waals surface area contributed by atoms with E-state index in [1.807, 2.05) is 12.1 Å². The van der Waals surface area contributed by atoms with Gasteiger partial charge in [-0.3, -0.25) is 0 Å². The van der Waals surface area contributed by atoms with Crippen LogP contribution in [0.4, 0.5) is 0 Å². The molecule has 0 amide bonds. The lowest BCUT2D eigenvalue weighted by molar-refractivity contribution is 0.00752. The van der Waals surface area contributed by atoms with Crippen molar-refractivity contribution in [3.8, 4) is 5.75 Å². The number of rotatable bonds is 2. The zero-order valence-electron chi connectivity index (χ0n) is 11.7. The van der Waals surface area contributed by atoms with Gasteiger partial charge in [-0.25, -0.2) is 0 Å². The fourth-order valence-electron chi connectivity index (χ4n) is 2.21. The van der Waals surface area contributed by atoms with Crippen LogP contribution in [0.15, 0.2) is 24.3 Å². The van der Waals surface area contributed by atoms with Crippen LogP contribution in [-0.4, -0.2) is 24.9 Å². The fraction of sp³-hybridized carbons (Fsp3) is 0.600. The van der Waals surface area contributed by atoms with E-state index in [1.54, 1.807) is 0 Å². The van der Waals surface area contributed by atoms with E-state index in [4.69, 9.17) is 9.47 Å². The molecule has 1 aliphatic rings. The molecule has 0 saturated carbocycles. The molecule has 2 atom stereocenters. The highest BCUT2D eigenvalue weighted by Gasteiger charge is 2.23. The Balaban J connectivity index is 2.07. The first kappa shape index (κ1) is 13.4. The van der Waals surface area contributed by atoms with E-state index in [0.717, 1.165) is 18.9 Å². The van der Waals surface area contributed by atoms with Gasteiger partial charge >= 0.3 is 0 Å². The number of benzene rings is 1. The van der Waals surface area contributed by atoms with Crippen molar-refractivity contribution >= 4 is 0 Å². The molecule has 0 radical (unpaired) electrons. The van der Waals surface area contributed by atoms with Gasteiger partial charge in [-0.1, -0.05) is 12.1 Å². The lowest BCUT2D eigenvalue weighted by Crippen LogP contribution is -2.40. The molecule has 3 nitrogen and oxygen atoms in total. The second kappa shape index (κ2) is 5.29. The first-order valence-electron chi connectivity index (χ1n) is 6.60. The third kappa shape index (κ3) is 3.47. The van der Waals surface area contributed by atoms with Crippen LogP contribution in [-0.2, 0) is 4.74 Å². The number of ether oxygens (including phenoxy) is 2. The number of morpholine rings is 1. The Labute approximate surface area is 109 Å². The largest absolute Gasteiger partial charge is 0.488 e. The van der Waals surface area contributed by atoms with Gasteiger partial charge in [-0.2, -0.15) is 0 Å². The molecule has 1 aliphatic heterocycles. The van der Waals surface area contributed by atoms with Crippen molar-refractivity contribution in [3.05, 3.63) is 29.8 Å². The van der Waals surface area contributed by atoms with Crippen LogP contribution in [0, 0.1) is 0 Å². The summed E-state index contributed by atoms with van der Waals surface area (Å²) in [6, 6.07) is 8.57. The van der Waals surface area contributed by atoms with Gasteiger partial charge in [0.05, 0.1) is 18.8 Å². The number of hydrogen-bond acceptors (Lipinski definition) is 3. The predicted octanol–water partition coefficient (Wildman–Crippen LogP) is 2.91. The SMILES string of the molecule is CC1OCCNC1c1ccc(OC(C)(C)C)cc1. The molecule has 1 saturated heterocycles. The van der Waals surface area contributed by atoms with Gasteiger partial charge in [0.2, 0.25) is 0 Å². The summed E-state index contributed by atoms with van der Waals surface area (Å²) < 4.78 is 11.5. The van der Waals surface area contributed by atoms with Crippen molar-refractivity contribution in [1.82, 2.24) is 5.32 Å².